The summed E-state index contributed by atoms with van der Waals surface area (Å²) >= 11 is 6.41. The minimum absolute atomic E-state index is 0.0914. The van der Waals surface area contributed by atoms with E-state index >= 15 is 0 Å². The Morgan fingerprint density at radius 1 is 1.37 bits per heavy atom. The van der Waals surface area contributed by atoms with Gasteiger partial charge in [0.15, 0.2) is 0 Å². The van der Waals surface area contributed by atoms with Crippen LogP contribution in [0.3, 0.4) is 0 Å². The van der Waals surface area contributed by atoms with Crippen molar-refractivity contribution >= 4 is 47.9 Å². The van der Waals surface area contributed by atoms with E-state index in [1.165, 1.54) is 13.1 Å². The standard InChI is InChI=1S/C11H13Br2NO4S/c1-3-18-11(15)7-14(2)19(16,17)10-6-8(12)4-5-9(10)13/h4-6H,3,7H2,1-2H3. The maximum absolute atomic E-state index is 12.3. The van der Waals surface area contributed by atoms with Crippen LogP contribution in [0, 0.1) is 0 Å². The van der Waals surface area contributed by atoms with E-state index in [1.807, 2.05) is 0 Å². The first-order chi connectivity index (χ1) is 8.78. The number of carbonyl (C=O) groups is 1. The van der Waals surface area contributed by atoms with E-state index in [0.29, 0.717) is 8.95 Å². The second-order valence-electron chi connectivity index (χ2n) is 3.64. The molecular weight excluding hydrogens is 402 g/mol. The molecule has 0 heterocycles. The van der Waals surface area contributed by atoms with E-state index in [-0.39, 0.29) is 18.0 Å². The molecule has 19 heavy (non-hydrogen) atoms. The third kappa shape index (κ3) is 4.27. The zero-order chi connectivity index (χ0) is 14.6. The lowest BCUT2D eigenvalue weighted by atomic mass is 10.4. The summed E-state index contributed by atoms with van der Waals surface area (Å²) in [4.78, 5) is 11.4. The van der Waals surface area contributed by atoms with Gasteiger partial charge in [0.2, 0.25) is 10.0 Å². The highest BCUT2D eigenvalue weighted by Gasteiger charge is 2.25. The summed E-state index contributed by atoms with van der Waals surface area (Å²) in [5.74, 6) is -0.584. The molecule has 0 atom stereocenters. The number of esters is 1. The van der Waals surface area contributed by atoms with Gasteiger partial charge in [0.05, 0.1) is 11.5 Å². The van der Waals surface area contributed by atoms with Gasteiger partial charge in [0, 0.05) is 16.0 Å². The Morgan fingerprint density at radius 2 is 2.00 bits per heavy atom. The summed E-state index contributed by atoms with van der Waals surface area (Å²) in [6.45, 7) is 1.56. The lowest BCUT2D eigenvalue weighted by molar-refractivity contribution is -0.143. The molecule has 0 aromatic heterocycles. The van der Waals surface area contributed by atoms with Crippen LogP contribution in [0.5, 0.6) is 0 Å². The van der Waals surface area contributed by atoms with Crippen molar-refractivity contribution in [1.82, 2.24) is 4.31 Å². The molecule has 106 valence electrons. The quantitative estimate of drug-likeness (QED) is 0.694. The zero-order valence-corrected chi connectivity index (χ0v) is 14.4. The lowest BCUT2D eigenvalue weighted by Crippen LogP contribution is -2.33. The van der Waals surface area contributed by atoms with Gasteiger partial charge in [-0.2, -0.15) is 4.31 Å². The molecule has 0 amide bonds. The first-order valence-electron chi connectivity index (χ1n) is 5.36. The number of hydrogen-bond donors (Lipinski definition) is 0. The van der Waals surface area contributed by atoms with Crippen LogP contribution in [0.25, 0.3) is 0 Å². The molecular formula is C11H13Br2NO4S. The van der Waals surface area contributed by atoms with Crippen molar-refractivity contribution in [2.75, 3.05) is 20.2 Å². The minimum atomic E-state index is -3.75. The average Bonchev–Trinajstić information content (AvgIpc) is 2.32. The third-order valence-corrected chi connectivity index (χ3v) is 5.53. The summed E-state index contributed by atoms with van der Waals surface area (Å²) in [6, 6.07) is 4.81. The number of nitrogens with zero attached hydrogens (tertiary/aromatic N) is 1. The number of rotatable bonds is 5. The predicted molar refractivity (Wildman–Crippen MR) is 78.3 cm³/mol. The van der Waals surface area contributed by atoms with E-state index in [2.05, 4.69) is 31.9 Å². The van der Waals surface area contributed by atoms with Gasteiger partial charge in [-0.05, 0) is 41.1 Å². The molecule has 0 bridgehead atoms. The van der Waals surface area contributed by atoms with E-state index in [0.717, 1.165) is 4.31 Å². The first-order valence-corrected chi connectivity index (χ1v) is 8.38. The van der Waals surface area contributed by atoms with Crippen LogP contribution in [-0.2, 0) is 19.6 Å². The Bertz CT molecular complexity index is 574. The molecule has 1 aromatic carbocycles. The third-order valence-electron chi connectivity index (χ3n) is 2.24. The monoisotopic (exact) mass is 413 g/mol. The maximum Gasteiger partial charge on any atom is 0.321 e. The van der Waals surface area contributed by atoms with Crippen LogP contribution >= 0.6 is 31.9 Å². The van der Waals surface area contributed by atoms with E-state index in [9.17, 15) is 13.2 Å². The van der Waals surface area contributed by atoms with Gasteiger partial charge in [-0.25, -0.2) is 8.42 Å². The molecule has 0 aliphatic carbocycles. The number of sulfonamides is 1. The summed E-state index contributed by atoms with van der Waals surface area (Å²) in [5.41, 5.74) is 0. The fourth-order valence-electron chi connectivity index (χ4n) is 1.32. The van der Waals surface area contributed by atoms with Crippen molar-refractivity contribution < 1.29 is 17.9 Å². The summed E-state index contributed by atoms with van der Waals surface area (Å²) < 4.78 is 31.4. The smallest absolute Gasteiger partial charge is 0.321 e. The van der Waals surface area contributed by atoms with Crippen LogP contribution in [-0.4, -0.2) is 38.9 Å². The molecule has 0 spiro atoms. The Hall–Kier alpha value is -0.440. The number of carbonyl (C=O) groups excluding carboxylic acids is 1. The van der Waals surface area contributed by atoms with E-state index in [1.54, 1.807) is 19.1 Å². The normalized spacial score (nSPS) is 11.6. The van der Waals surface area contributed by atoms with Gasteiger partial charge in [-0.3, -0.25) is 4.79 Å². The Kier molecular flexibility index (Phi) is 5.97. The maximum atomic E-state index is 12.3. The topological polar surface area (TPSA) is 63.7 Å². The molecule has 1 aromatic rings. The molecule has 0 aliphatic heterocycles. The van der Waals surface area contributed by atoms with E-state index < -0.39 is 16.0 Å². The van der Waals surface area contributed by atoms with Gasteiger partial charge in [0.25, 0.3) is 0 Å². The highest BCUT2D eigenvalue weighted by molar-refractivity contribution is 9.11. The van der Waals surface area contributed by atoms with Crippen molar-refractivity contribution in [3.8, 4) is 0 Å². The molecule has 0 saturated heterocycles. The fraction of sp³-hybridized carbons (Fsp3) is 0.364. The zero-order valence-electron chi connectivity index (χ0n) is 10.4. The number of likely N-dealkylation sites (N-methyl/N-ethyl adjacent to an activating group) is 1. The second-order valence-corrected chi connectivity index (χ2v) is 7.42. The molecule has 0 unspecified atom stereocenters. The molecule has 0 saturated carbocycles. The van der Waals surface area contributed by atoms with Gasteiger partial charge in [-0.1, -0.05) is 15.9 Å². The van der Waals surface area contributed by atoms with Crippen molar-refractivity contribution in [3.63, 3.8) is 0 Å². The number of ether oxygens (including phenoxy) is 1. The Morgan fingerprint density at radius 3 is 2.58 bits per heavy atom. The largest absolute Gasteiger partial charge is 0.465 e. The van der Waals surface area contributed by atoms with Crippen molar-refractivity contribution in [2.45, 2.75) is 11.8 Å². The van der Waals surface area contributed by atoms with Crippen LogP contribution in [0.1, 0.15) is 6.92 Å². The predicted octanol–water partition coefficient (Wildman–Crippen LogP) is 2.40. The molecule has 0 aliphatic rings. The molecule has 5 nitrogen and oxygen atoms in total. The van der Waals surface area contributed by atoms with Crippen LogP contribution in [0.2, 0.25) is 0 Å². The highest BCUT2D eigenvalue weighted by Crippen LogP contribution is 2.27. The molecule has 0 N–H and O–H groups in total. The van der Waals surface area contributed by atoms with Crippen molar-refractivity contribution in [1.29, 1.82) is 0 Å². The van der Waals surface area contributed by atoms with Crippen molar-refractivity contribution in [2.24, 2.45) is 0 Å². The van der Waals surface area contributed by atoms with Gasteiger partial charge < -0.3 is 4.74 Å². The van der Waals surface area contributed by atoms with Crippen LogP contribution < -0.4 is 0 Å². The van der Waals surface area contributed by atoms with Gasteiger partial charge in [0.1, 0.15) is 6.54 Å². The van der Waals surface area contributed by atoms with Crippen LogP contribution in [0.4, 0.5) is 0 Å². The lowest BCUT2D eigenvalue weighted by Gasteiger charge is -2.17. The number of benzene rings is 1. The van der Waals surface area contributed by atoms with Gasteiger partial charge >= 0.3 is 5.97 Å². The van der Waals surface area contributed by atoms with Crippen LogP contribution in [0.15, 0.2) is 32.0 Å². The first kappa shape index (κ1) is 16.6. The van der Waals surface area contributed by atoms with E-state index in [4.69, 9.17) is 4.74 Å². The summed E-state index contributed by atoms with van der Waals surface area (Å²) in [5, 5.41) is 0. The van der Waals surface area contributed by atoms with Gasteiger partial charge in [-0.15, -0.1) is 0 Å². The summed E-state index contributed by atoms with van der Waals surface area (Å²) in [6.07, 6.45) is 0. The highest BCUT2D eigenvalue weighted by atomic mass is 79.9. The Labute approximate surface area is 129 Å². The van der Waals surface area contributed by atoms with Crippen molar-refractivity contribution in [3.05, 3.63) is 27.1 Å². The fourth-order valence-corrected chi connectivity index (χ4v) is 3.89. The SMILES string of the molecule is CCOC(=O)CN(C)S(=O)(=O)c1cc(Br)ccc1Br. The molecule has 0 fully saturated rings. The molecule has 0 radical (unpaired) electrons. The number of hydrogen-bond acceptors (Lipinski definition) is 4. The number of halogens is 2. The minimum Gasteiger partial charge on any atom is -0.465 e. The Balaban J connectivity index is 3.03. The molecule has 1 rings (SSSR count). The summed E-state index contributed by atoms with van der Waals surface area (Å²) in [7, 11) is -2.42. The average molecular weight is 415 g/mol. The second kappa shape index (κ2) is 6.83. The molecule has 8 heteroatoms.